The molecular weight excluding hydrogens is 354 g/mol. The van der Waals surface area contributed by atoms with Crippen molar-refractivity contribution in [3.8, 4) is 0 Å². The second kappa shape index (κ2) is 9.24. The molecular formula is C22H23N3OS. The predicted molar refractivity (Wildman–Crippen MR) is 112 cm³/mol. The number of hydrogen-bond acceptors (Lipinski definition) is 4. The third-order valence-electron chi connectivity index (χ3n) is 4.29. The molecule has 0 aliphatic heterocycles. The molecule has 5 heteroatoms. The lowest BCUT2D eigenvalue weighted by molar-refractivity contribution is 0.0951. The summed E-state index contributed by atoms with van der Waals surface area (Å²) in [5.41, 5.74) is 4.96. The van der Waals surface area contributed by atoms with Crippen LogP contribution in [0.4, 0.5) is 5.69 Å². The summed E-state index contributed by atoms with van der Waals surface area (Å²) in [6, 6.07) is 18.0. The standard InChI is InChI=1S/C22H23N3OS/c1-3-17-7-10-20(11-8-17)27-25-21-13-19(9-6-16(21)2)22(26)24-15-18-5-4-12-23-14-18/h4-14,25H,3,15H2,1-2H3,(H,24,26). The van der Waals surface area contributed by atoms with E-state index in [0.717, 1.165) is 28.1 Å². The predicted octanol–water partition coefficient (Wildman–Crippen LogP) is 5.00. The van der Waals surface area contributed by atoms with E-state index >= 15 is 0 Å². The van der Waals surface area contributed by atoms with Crippen LogP contribution in [0.25, 0.3) is 0 Å². The van der Waals surface area contributed by atoms with Crippen molar-refractivity contribution >= 4 is 23.5 Å². The molecule has 0 unspecified atom stereocenters. The summed E-state index contributed by atoms with van der Waals surface area (Å²) < 4.78 is 3.36. The van der Waals surface area contributed by atoms with Crippen LogP contribution in [-0.4, -0.2) is 10.9 Å². The zero-order valence-electron chi connectivity index (χ0n) is 15.5. The van der Waals surface area contributed by atoms with Crippen molar-refractivity contribution < 1.29 is 4.79 Å². The monoisotopic (exact) mass is 377 g/mol. The molecule has 1 aromatic heterocycles. The van der Waals surface area contributed by atoms with Gasteiger partial charge in [0.25, 0.3) is 5.91 Å². The van der Waals surface area contributed by atoms with Crippen LogP contribution in [0.2, 0.25) is 0 Å². The Balaban J connectivity index is 1.63. The number of nitrogens with one attached hydrogen (secondary N) is 2. The maximum absolute atomic E-state index is 12.5. The smallest absolute Gasteiger partial charge is 0.251 e. The van der Waals surface area contributed by atoms with Gasteiger partial charge in [0, 0.05) is 35.1 Å². The molecule has 0 radical (unpaired) electrons. The number of hydrogen-bond donors (Lipinski definition) is 2. The molecule has 0 bridgehead atoms. The minimum Gasteiger partial charge on any atom is -0.348 e. The fourth-order valence-corrected chi connectivity index (χ4v) is 3.29. The molecule has 0 spiro atoms. The minimum atomic E-state index is -0.0980. The third-order valence-corrected chi connectivity index (χ3v) is 5.12. The normalized spacial score (nSPS) is 10.4. The molecule has 27 heavy (non-hydrogen) atoms. The summed E-state index contributed by atoms with van der Waals surface area (Å²) in [6.07, 6.45) is 4.51. The first-order valence-corrected chi connectivity index (χ1v) is 9.77. The van der Waals surface area contributed by atoms with Crippen molar-refractivity contribution in [3.63, 3.8) is 0 Å². The largest absolute Gasteiger partial charge is 0.348 e. The van der Waals surface area contributed by atoms with Gasteiger partial charge in [-0.3, -0.25) is 9.78 Å². The van der Waals surface area contributed by atoms with Gasteiger partial charge in [0.2, 0.25) is 0 Å². The van der Waals surface area contributed by atoms with Crippen molar-refractivity contribution in [3.05, 3.63) is 89.2 Å². The summed E-state index contributed by atoms with van der Waals surface area (Å²) in [7, 11) is 0. The van der Waals surface area contributed by atoms with E-state index in [1.54, 1.807) is 24.3 Å². The number of nitrogens with zero attached hydrogens (tertiary/aromatic N) is 1. The van der Waals surface area contributed by atoms with Crippen molar-refractivity contribution in [2.75, 3.05) is 4.72 Å². The minimum absolute atomic E-state index is 0.0980. The lowest BCUT2D eigenvalue weighted by Gasteiger charge is -2.11. The molecule has 3 rings (SSSR count). The molecule has 138 valence electrons. The fourth-order valence-electron chi connectivity index (χ4n) is 2.57. The van der Waals surface area contributed by atoms with E-state index in [9.17, 15) is 4.79 Å². The van der Waals surface area contributed by atoms with Gasteiger partial charge in [0.05, 0.1) is 0 Å². The van der Waals surface area contributed by atoms with Crippen molar-refractivity contribution in [2.24, 2.45) is 0 Å². The molecule has 0 saturated carbocycles. The number of amides is 1. The van der Waals surface area contributed by atoms with Crippen LogP contribution in [-0.2, 0) is 13.0 Å². The van der Waals surface area contributed by atoms with E-state index in [2.05, 4.69) is 46.2 Å². The summed E-state index contributed by atoms with van der Waals surface area (Å²) in [5.74, 6) is -0.0980. The van der Waals surface area contributed by atoms with Crippen LogP contribution < -0.4 is 10.0 Å². The Kier molecular flexibility index (Phi) is 6.49. The average Bonchev–Trinajstić information content (AvgIpc) is 2.72. The first kappa shape index (κ1) is 19.0. The molecule has 2 N–H and O–H groups in total. The van der Waals surface area contributed by atoms with E-state index in [-0.39, 0.29) is 5.91 Å². The van der Waals surface area contributed by atoms with Gasteiger partial charge in [-0.05, 0) is 72.3 Å². The zero-order chi connectivity index (χ0) is 19.1. The Morgan fingerprint density at radius 2 is 1.89 bits per heavy atom. The molecule has 0 saturated heterocycles. The molecule has 2 aromatic carbocycles. The summed E-state index contributed by atoms with van der Waals surface area (Å²) in [6.45, 7) is 4.64. The molecule has 1 heterocycles. The summed E-state index contributed by atoms with van der Waals surface area (Å²) in [5, 5.41) is 2.93. The second-order valence-corrected chi connectivity index (χ2v) is 7.15. The topological polar surface area (TPSA) is 54.0 Å². The number of benzene rings is 2. The van der Waals surface area contributed by atoms with E-state index < -0.39 is 0 Å². The molecule has 0 atom stereocenters. The van der Waals surface area contributed by atoms with Gasteiger partial charge in [-0.15, -0.1) is 0 Å². The SMILES string of the molecule is CCc1ccc(SNc2cc(C(=O)NCc3cccnc3)ccc2C)cc1. The van der Waals surface area contributed by atoms with E-state index in [4.69, 9.17) is 0 Å². The van der Waals surface area contributed by atoms with Gasteiger partial charge in [0.15, 0.2) is 0 Å². The molecule has 0 aliphatic rings. The lowest BCUT2D eigenvalue weighted by Crippen LogP contribution is -2.22. The highest BCUT2D eigenvalue weighted by Crippen LogP contribution is 2.25. The Labute approximate surface area is 164 Å². The number of aromatic nitrogens is 1. The van der Waals surface area contributed by atoms with E-state index in [1.807, 2.05) is 37.3 Å². The highest BCUT2D eigenvalue weighted by atomic mass is 32.2. The third kappa shape index (κ3) is 5.34. The Hall–Kier alpha value is -2.79. The molecule has 0 aliphatic carbocycles. The molecule has 0 fully saturated rings. The Morgan fingerprint density at radius 1 is 1.07 bits per heavy atom. The molecule has 1 amide bonds. The van der Waals surface area contributed by atoms with Crippen molar-refractivity contribution in [2.45, 2.75) is 31.7 Å². The van der Waals surface area contributed by atoms with E-state index in [1.165, 1.54) is 5.56 Å². The highest BCUT2D eigenvalue weighted by Gasteiger charge is 2.08. The van der Waals surface area contributed by atoms with Crippen LogP contribution in [0.15, 0.2) is 71.9 Å². The maximum atomic E-state index is 12.5. The summed E-state index contributed by atoms with van der Waals surface area (Å²) in [4.78, 5) is 17.7. The van der Waals surface area contributed by atoms with Crippen LogP contribution >= 0.6 is 11.9 Å². The number of pyridine rings is 1. The first-order chi connectivity index (χ1) is 13.2. The van der Waals surface area contributed by atoms with Gasteiger partial charge in [0.1, 0.15) is 0 Å². The number of rotatable bonds is 7. The van der Waals surface area contributed by atoms with Gasteiger partial charge >= 0.3 is 0 Å². The van der Waals surface area contributed by atoms with Gasteiger partial charge in [-0.25, -0.2) is 0 Å². The van der Waals surface area contributed by atoms with Crippen LogP contribution in [0.1, 0.15) is 34.0 Å². The Bertz CT molecular complexity index is 895. The number of aryl methyl sites for hydroxylation is 2. The molecule has 4 nitrogen and oxygen atoms in total. The van der Waals surface area contributed by atoms with Gasteiger partial charge < -0.3 is 10.0 Å². The number of carbonyl (C=O) groups excluding carboxylic acids is 1. The maximum Gasteiger partial charge on any atom is 0.251 e. The average molecular weight is 378 g/mol. The van der Waals surface area contributed by atoms with Crippen LogP contribution in [0.3, 0.4) is 0 Å². The number of anilines is 1. The quantitative estimate of drug-likeness (QED) is 0.569. The molecule has 3 aromatic rings. The second-order valence-electron chi connectivity index (χ2n) is 6.28. The fraction of sp³-hybridized carbons (Fsp3) is 0.182. The van der Waals surface area contributed by atoms with Gasteiger partial charge in [-0.1, -0.05) is 31.2 Å². The zero-order valence-corrected chi connectivity index (χ0v) is 16.3. The highest BCUT2D eigenvalue weighted by molar-refractivity contribution is 8.00. The van der Waals surface area contributed by atoms with Crippen molar-refractivity contribution in [1.29, 1.82) is 0 Å². The van der Waals surface area contributed by atoms with E-state index in [0.29, 0.717) is 12.1 Å². The number of carbonyl (C=O) groups is 1. The summed E-state index contributed by atoms with van der Waals surface area (Å²) >= 11 is 1.55. The van der Waals surface area contributed by atoms with Crippen molar-refractivity contribution in [1.82, 2.24) is 10.3 Å². The van der Waals surface area contributed by atoms with Gasteiger partial charge in [-0.2, -0.15) is 0 Å². The lowest BCUT2D eigenvalue weighted by atomic mass is 10.1. The van der Waals surface area contributed by atoms with Crippen LogP contribution in [0.5, 0.6) is 0 Å². The Morgan fingerprint density at radius 3 is 2.59 bits per heavy atom. The first-order valence-electron chi connectivity index (χ1n) is 8.95. The van der Waals surface area contributed by atoms with Crippen LogP contribution in [0, 0.1) is 6.92 Å².